The minimum atomic E-state index is 0.204. The molecular weight excluding hydrogens is 350 g/mol. The summed E-state index contributed by atoms with van der Waals surface area (Å²) >= 11 is 4.45. The Kier molecular flexibility index (Phi) is 4.24. The lowest BCUT2D eigenvalue weighted by molar-refractivity contribution is 0.174. The number of aromatic nitrogens is 3. The smallest absolute Gasteiger partial charge is 0.231 e. The number of hydrogen-bond donors (Lipinski definition) is 2. The van der Waals surface area contributed by atoms with E-state index in [4.69, 9.17) is 9.47 Å². The molecule has 0 unspecified atom stereocenters. The quantitative estimate of drug-likeness (QED) is 0.684. The van der Waals surface area contributed by atoms with Gasteiger partial charge in [-0.1, -0.05) is 19.9 Å². The molecule has 134 valence electrons. The lowest BCUT2D eigenvalue weighted by Gasteiger charge is -2.12. The number of phenols is 1. The number of ether oxygens (including phenoxy) is 2. The average molecular weight is 369 g/mol. The Morgan fingerprint density at radius 1 is 1.12 bits per heavy atom. The van der Waals surface area contributed by atoms with Gasteiger partial charge in [0.1, 0.15) is 5.75 Å². The van der Waals surface area contributed by atoms with Crippen molar-refractivity contribution in [2.24, 2.45) is 0 Å². The average Bonchev–Trinajstić information content (AvgIpc) is 3.22. The minimum Gasteiger partial charge on any atom is -0.508 e. The molecule has 0 spiro atoms. The van der Waals surface area contributed by atoms with Crippen molar-refractivity contribution >= 4 is 12.6 Å². The molecule has 0 atom stereocenters. The van der Waals surface area contributed by atoms with E-state index in [1.54, 1.807) is 6.07 Å². The van der Waals surface area contributed by atoms with Crippen LogP contribution in [0.4, 0.5) is 0 Å². The SMILES string of the molecule is CC(C)c1cc(-c2nnc(S)n2Cc2ccc3c(c2)OCO3)ccc1O. The molecule has 0 aliphatic carbocycles. The van der Waals surface area contributed by atoms with Crippen LogP contribution < -0.4 is 9.47 Å². The summed E-state index contributed by atoms with van der Waals surface area (Å²) in [4.78, 5) is 0. The lowest BCUT2D eigenvalue weighted by Crippen LogP contribution is -2.03. The van der Waals surface area contributed by atoms with Gasteiger partial charge in [0.05, 0.1) is 6.54 Å². The van der Waals surface area contributed by atoms with Crippen LogP contribution in [0.3, 0.4) is 0 Å². The molecule has 3 aromatic rings. The first kappa shape index (κ1) is 16.8. The predicted molar refractivity (Wildman–Crippen MR) is 100 cm³/mol. The number of phenolic OH excluding ortho intramolecular Hbond substituents is 1. The highest BCUT2D eigenvalue weighted by Crippen LogP contribution is 2.34. The van der Waals surface area contributed by atoms with Crippen LogP contribution in [-0.4, -0.2) is 26.7 Å². The first-order valence-corrected chi connectivity index (χ1v) is 8.81. The fourth-order valence-corrected chi connectivity index (χ4v) is 3.24. The maximum Gasteiger partial charge on any atom is 0.231 e. The molecule has 26 heavy (non-hydrogen) atoms. The summed E-state index contributed by atoms with van der Waals surface area (Å²) in [5.74, 6) is 2.69. The Hall–Kier alpha value is -2.67. The number of nitrogens with zero attached hydrogens (tertiary/aromatic N) is 3. The monoisotopic (exact) mass is 369 g/mol. The summed E-state index contributed by atoms with van der Waals surface area (Å²) in [5, 5.41) is 19.0. The van der Waals surface area contributed by atoms with Crippen molar-refractivity contribution in [1.29, 1.82) is 0 Å². The first-order valence-electron chi connectivity index (χ1n) is 8.37. The number of aromatic hydroxyl groups is 1. The maximum atomic E-state index is 10.1. The van der Waals surface area contributed by atoms with Crippen molar-refractivity contribution in [3.05, 3.63) is 47.5 Å². The van der Waals surface area contributed by atoms with Gasteiger partial charge >= 0.3 is 0 Å². The van der Waals surface area contributed by atoms with Gasteiger partial charge in [0.2, 0.25) is 6.79 Å². The largest absolute Gasteiger partial charge is 0.508 e. The molecule has 1 aromatic heterocycles. The second kappa shape index (κ2) is 6.57. The van der Waals surface area contributed by atoms with Crippen LogP contribution in [0.2, 0.25) is 0 Å². The molecule has 4 rings (SSSR count). The van der Waals surface area contributed by atoms with Crippen LogP contribution in [-0.2, 0) is 6.54 Å². The lowest BCUT2D eigenvalue weighted by atomic mass is 9.99. The van der Waals surface area contributed by atoms with Crippen molar-refractivity contribution in [3.8, 4) is 28.6 Å². The van der Waals surface area contributed by atoms with E-state index in [0.717, 1.165) is 28.2 Å². The van der Waals surface area contributed by atoms with Gasteiger partial charge in [-0.15, -0.1) is 22.8 Å². The Balaban J connectivity index is 1.71. The third-order valence-corrected chi connectivity index (χ3v) is 4.75. The van der Waals surface area contributed by atoms with Crippen molar-refractivity contribution in [2.45, 2.75) is 31.5 Å². The van der Waals surface area contributed by atoms with E-state index in [9.17, 15) is 5.11 Å². The van der Waals surface area contributed by atoms with Crippen LogP contribution in [0, 0.1) is 0 Å². The Bertz CT molecular complexity index is 969. The second-order valence-corrected chi connectivity index (χ2v) is 6.93. The third-order valence-electron chi connectivity index (χ3n) is 4.42. The number of fused-ring (bicyclic) bond motifs is 1. The van der Waals surface area contributed by atoms with Crippen molar-refractivity contribution in [3.63, 3.8) is 0 Å². The van der Waals surface area contributed by atoms with Crippen LogP contribution in [0.15, 0.2) is 41.6 Å². The molecule has 1 N–H and O–H groups in total. The van der Waals surface area contributed by atoms with Crippen LogP contribution in [0.25, 0.3) is 11.4 Å². The van der Waals surface area contributed by atoms with Gasteiger partial charge in [0.15, 0.2) is 22.5 Å². The molecule has 1 aliphatic rings. The second-order valence-electron chi connectivity index (χ2n) is 6.53. The number of thiol groups is 1. The van der Waals surface area contributed by atoms with E-state index < -0.39 is 0 Å². The van der Waals surface area contributed by atoms with Crippen LogP contribution in [0.5, 0.6) is 17.2 Å². The van der Waals surface area contributed by atoms with Gasteiger partial charge in [0.25, 0.3) is 0 Å². The standard InChI is InChI=1S/C19H19N3O3S/c1-11(2)14-8-13(4-5-15(14)23)18-20-21-19(26)22(18)9-12-3-6-16-17(7-12)25-10-24-16/h3-8,11,23H,9-10H2,1-2H3,(H,21,26). The highest BCUT2D eigenvalue weighted by Gasteiger charge is 2.17. The van der Waals surface area contributed by atoms with E-state index in [1.807, 2.05) is 48.7 Å². The Morgan fingerprint density at radius 3 is 2.73 bits per heavy atom. The Labute approximate surface area is 156 Å². The molecule has 0 fully saturated rings. The molecule has 0 radical (unpaired) electrons. The molecule has 0 amide bonds. The van der Waals surface area contributed by atoms with Crippen molar-refractivity contribution in [2.75, 3.05) is 6.79 Å². The Morgan fingerprint density at radius 2 is 1.92 bits per heavy atom. The van der Waals surface area contributed by atoms with E-state index in [2.05, 4.69) is 22.8 Å². The summed E-state index contributed by atoms with van der Waals surface area (Å²) in [6.07, 6.45) is 0. The summed E-state index contributed by atoms with van der Waals surface area (Å²) < 4.78 is 12.7. The molecule has 1 aliphatic heterocycles. The first-order chi connectivity index (χ1) is 12.5. The molecule has 0 saturated carbocycles. The molecule has 0 bridgehead atoms. The summed E-state index contributed by atoms with van der Waals surface area (Å²) in [6, 6.07) is 11.3. The van der Waals surface area contributed by atoms with Crippen LogP contribution in [0.1, 0.15) is 30.9 Å². The molecule has 2 aromatic carbocycles. The van der Waals surface area contributed by atoms with E-state index in [-0.39, 0.29) is 18.5 Å². The zero-order valence-corrected chi connectivity index (χ0v) is 15.4. The van der Waals surface area contributed by atoms with Crippen LogP contribution >= 0.6 is 12.6 Å². The zero-order valence-electron chi connectivity index (χ0n) is 14.5. The van der Waals surface area contributed by atoms with Gasteiger partial charge in [-0.25, -0.2) is 0 Å². The topological polar surface area (TPSA) is 69.4 Å². The summed E-state index contributed by atoms with van der Waals surface area (Å²) in [6.45, 7) is 4.89. The predicted octanol–water partition coefficient (Wildman–Crippen LogP) is 3.84. The molecule has 6 nitrogen and oxygen atoms in total. The molecule has 2 heterocycles. The highest BCUT2D eigenvalue weighted by atomic mass is 32.1. The summed E-state index contributed by atoms with van der Waals surface area (Å²) in [7, 11) is 0. The number of hydrogen-bond acceptors (Lipinski definition) is 6. The fourth-order valence-electron chi connectivity index (χ4n) is 3.03. The zero-order chi connectivity index (χ0) is 18.3. The third kappa shape index (κ3) is 2.99. The fraction of sp³-hybridized carbons (Fsp3) is 0.263. The van der Waals surface area contributed by atoms with E-state index in [0.29, 0.717) is 17.5 Å². The van der Waals surface area contributed by atoms with Crippen molar-refractivity contribution < 1.29 is 14.6 Å². The van der Waals surface area contributed by atoms with Gasteiger partial charge in [-0.3, -0.25) is 4.57 Å². The van der Waals surface area contributed by atoms with Crippen molar-refractivity contribution in [1.82, 2.24) is 14.8 Å². The number of rotatable bonds is 4. The maximum absolute atomic E-state index is 10.1. The normalized spacial score (nSPS) is 12.8. The summed E-state index contributed by atoms with van der Waals surface area (Å²) in [5.41, 5.74) is 2.80. The van der Waals surface area contributed by atoms with Gasteiger partial charge in [0, 0.05) is 5.56 Å². The molecule has 0 saturated heterocycles. The number of benzene rings is 2. The van der Waals surface area contributed by atoms with Gasteiger partial charge < -0.3 is 14.6 Å². The van der Waals surface area contributed by atoms with E-state index in [1.165, 1.54) is 0 Å². The minimum absolute atomic E-state index is 0.204. The van der Waals surface area contributed by atoms with Gasteiger partial charge in [-0.2, -0.15) is 0 Å². The van der Waals surface area contributed by atoms with E-state index >= 15 is 0 Å². The molecule has 7 heteroatoms. The van der Waals surface area contributed by atoms with Gasteiger partial charge in [-0.05, 0) is 47.4 Å². The molecular formula is C19H19N3O3S. The highest BCUT2D eigenvalue weighted by molar-refractivity contribution is 7.80.